The molecule has 1 N–H and O–H groups in total. The molecule has 2 rings (SSSR count). The molecule has 0 spiro atoms. The van der Waals surface area contributed by atoms with Crippen LogP contribution in [0.2, 0.25) is 5.02 Å². The third-order valence-electron chi connectivity index (χ3n) is 3.48. The van der Waals surface area contributed by atoms with Gasteiger partial charge in [-0.05, 0) is 43.5 Å². The summed E-state index contributed by atoms with van der Waals surface area (Å²) in [4.78, 5) is 2.14. The highest BCUT2D eigenvalue weighted by Crippen LogP contribution is 2.24. The first kappa shape index (κ1) is 14.6. The molecule has 1 aromatic carbocycles. The molecule has 19 heavy (non-hydrogen) atoms. The van der Waals surface area contributed by atoms with E-state index in [1.165, 1.54) is 6.07 Å². The second-order valence-electron chi connectivity index (χ2n) is 5.68. The van der Waals surface area contributed by atoms with Crippen LogP contribution >= 0.6 is 11.6 Å². The average Bonchev–Trinajstić information content (AvgIpc) is 2.53. The van der Waals surface area contributed by atoms with E-state index in [1.54, 1.807) is 12.1 Å². The molecule has 1 atom stereocenters. The predicted octanol–water partition coefficient (Wildman–Crippen LogP) is 3.69. The molecular weight excluding hydrogens is 263 g/mol. The maximum absolute atomic E-state index is 14.0. The number of rotatable bonds is 3. The molecule has 0 aromatic heterocycles. The van der Waals surface area contributed by atoms with E-state index in [-0.39, 0.29) is 5.82 Å². The first-order valence-electron chi connectivity index (χ1n) is 6.99. The lowest BCUT2D eigenvalue weighted by Crippen LogP contribution is -2.38. The first-order valence-corrected chi connectivity index (χ1v) is 7.37. The number of nitrogens with one attached hydrogen (secondary N) is 1. The molecule has 1 fully saturated rings. The second kappa shape index (κ2) is 6.58. The Morgan fingerprint density at radius 3 is 2.95 bits per heavy atom. The van der Waals surface area contributed by atoms with Crippen molar-refractivity contribution < 1.29 is 4.39 Å². The quantitative estimate of drug-likeness (QED) is 0.911. The van der Waals surface area contributed by atoms with Crippen molar-refractivity contribution in [3.05, 3.63) is 29.0 Å². The van der Waals surface area contributed by atoms with E-state index in [0.717, 1.165) is 32.5 Å². The van der Waals surface area contributed by atoms with Gasteiger partial charge in [0.25, 0.3) is 0 Å². The first-order chi connectivity index (χ1) is 9.06. The van der Waals surface area contributed by atoms with Crippen LogP contribution in [0.3, 0.4) is 0 Å². The van der Waals surface area contributed by atoms with Crippen molar-refractivity contribution in [3.63, 3.8) is 0 Å². The van der Waals surface area contributed by atoms with Gasteiger partial charge in [0.05, 0.1) is 5.69 Å². The van der Waals surface area contributed by atoms with Gasteiger partial charge >= 0.3 is 0 Å². The van der Waals surface area contributed by atoms with E-state index in [9.17, 15) is 4.39 Å². The van der Waals surface area contributed by atoms with E-state index in [0.29, 0.717) is 22.7 Å². The Morgan fingerprint density at radius 2 is 2.26 bits per heavy atom. The van der Waals surface area contributed by atoms with Gasteiger partial charge in [-0.1, -0.05) is 25.4 Å². The largest absolute Gasteiger partial charge is 0.368 e. The summed E-state index contributed by atoms with van der Waals surface area (Å²) in [6.45, 7) is 7.19. The molecule has 0 aliphatic carbocycles. The number of hydrogen-bond acceptors (Lipinski definition) is 2. The minimum atomic E-state index is -0.224. The molecule has 1 saturated heterocycles. The standard InChI is InChI=1S/C15H22ClFN2/c1-11(2)8-13-10-19(7-3-6-18-13)15-5-4-12(16)9-14(15)17/h4-5,9,11,13,18H,3,6-8,10H2,1-2H3. The number of nitrogens with zero attached hydrogens (tertiary/aromatic N) is 1. The number of benzene rings is 1. The Labute approximate surface area is 119 Å². The molecule has 1 aliphatic rings. The van der Waals surface area contributed by atoms with Gasteiger partial charge < -0.3 is 10.2 Å². The zero-order valence-electron chi connectivity index (χ0n) is 11.6. The van der Waals surface area contributed by atoms with Crippen LogP contribution in [0.1, 0.15) is 26.7 Å². The zero-order valence-corrected chi connectivity index (χ0v) is 12.4. The van der Waals surface area contributed by atoms with E-state index in [2.05, 4.69) is 24.1 Å². The Kier molecular flexibility index (Phi) is 5.06. The molecule has 1 heterocycles. The van der Waals surface area contributed by atoms with Gasteiger partial charge in [0.1, 0.15) is 5.82 Å². The molecule has 106 valence electrons. The number of halogens is 2. The van der Waals surface area contributed by atoms with E-state index in [4.69, 9.17) is 11.6 Å². The van der Waals surface area contributed by atoms with Gasteiger partial charge in [-0.2, -0.15) is 0 Å². The molecule has 1 unspecified atom stereocenters. The predicted molar refractivity (Wildman–Crippen MR) is 79.5 cm³/mol. The number of anilines is 1. The Morgan fingerprint density at radius 1 is 1.47 bits per heavy atom. The molecule has 0 bridgehead atoms. The summed E-state index contributed by atoms with van der Waals surface area (Å²) >= 11 is 5.81. The minimum Gasteiger partial charge on any atom is -0.368 e. The smallest absolute Gasteiger partial charge is 0.147 e. The van der Waals surface area contributed by atoms with Gasteiger partial charge in [0.15, 0.2) is 0 Å². The van der Waals surface area contributed by atoms with E-state index >= 15 is 0 Å². The maximum Gasteiger partial charge on any atom is 0.147 e. The highest BCUT2D eigenvalue weighted by molar-refractivity contribution is 6.30. The van der Waals surface area contributed by atoms with Crippen LogP contribution < -0.4 is 10.2 Å². The van der Waals surface area contributed by atoms with Crippen molar-refractivity contribution in [1.29, 1.82) is 0 Å². The van der Waals surface area contributed by atoms with Crippen LogP contribution in [0.5, 0.6) is 0 Å². The molecule has 4 heteroatoms. The lowest BCUT2D eigenvalue weighted by atomic mass is 10.0. The van der Waals surface area contributed by atoms with Crippen LogP contribution in [-0.2, 0) is 0 Å². The van der Waals surface area contributed by atoms with Crippen molar-refractivity contribution in [2.24, 2.45) is 5.92 Å². The van der Waals surface area contributed by atoms with Gasteiger partial charge in [0.2, 0.25) is 0 Å². The fraction of sp³-hybridized carbons (Fsp3) is 0.600. The fourth-order valence-electron chi connectivity index (χ4n) is 2.68. The normalized spacial score (nSPS) is 20.7. The summed E-state index contributed by atoms with van der Waals surface area (Å²) in [6, 6.07) is 5.37. The summed E-state index contributed by atoms with van der Waals surface area (Å²) in [5.74, 6) is 0.421. The third-order valence-corrected chi connectivity index (χ3v) is 3.72. The summed E-state index contributed by atoms with van der Waals surface area (Å²) < 4.78 is 14.0. The highest BCUT2D eigenvalue weighted by atomic mass is 35.5. The van der Waals surface area contributed by atoms with Gasteiger partial charge in [-0.15, -0.1) is 0 Å². The van der Waals surface area contributed by atoms with Crippen molar-refractivity contribution in [2.45, 2.75) is 32.7 Å². The summed E-state index contributed by atoms with van der Waals surface area (Å²) in [5.41, 5.74) is 0.668. The van der Waals surface area contributed by atoms with Crippen LogP contribution in [-0.4, -0.2) is 25.7 Å². The lowest BCUT2D eigenvalue weighted by Gasteiger charge is -2.27. The van der Waals surface area contributed by atoms with Crippen molar-refractivity contribution in [1.82, 2.24) is 5.32 Å². The van der Waals surface area contributed by atoms with Crippen LogP contribution in [0, 0.1) is 11.7 Å². The lowest BCUT2D eigenvalue weighted by molar-refractivity contribution is 0.435. The molecular formula is C15H22ClFN2. The van der Waals surface area contributed by atoms with Crippen molar-refractivity contribution >= 4 is 17.3 Å². The summed E-state index contributed by atoms with van der Waals surface area (Å²) in [5, 5.41) is 4.01. The fourth-order valence-corrected chi connectivity index (χ4v) is 2.84. The van der Waals surface area contributed by atoms with E-state index < -0.39 is 0 Å². The maximum atomic E-state index is 14.0. The zero-order chi connectivity index (χ0) is 13.8. The van der Waals surface area contributed by atoms with E-state index in [1.807, 2.05) is 0 Å². The molecule has 0 amide bonds. The SMILES string of the molecule is CC(C)CC1CN(c2ccc(Cl)cc2F)CCCN1. The topological polar surface area (TPSA) is 15.3 Å². The second-order valence-corrected chi connectivity index (χ2v) is 6.11. The van der Waals surface area contributed by atoms with Crippen molar-refractivity contribution in [2.75, 3.05) is 24.5 Å². The molecule has 0 radical (unpaired) electrons. The highest BCUT2D eigenvalue weighted by Gasteiger charge is 2.20. The monoisotopic (exact) mass is 284 g/mol. The van der Waals surface area contributed by atoms with Gasteiger partial charge in [-0.3, -0.25) is 0 Å². The third kappa shape index (κ3) is 4.08. The Bertz CT molecular complexity index is 423. The number of hydrogen-bond donors (Lipinski definition) is 1. The molecule has 2 nitrogen and oxygen atoms in total. The van der Waals surface area contributed by atoms with Gasteiger partial charge in [-0.25, -0.2) is 4.39 Å². The molecule has 1 aromatic rings. The summed E-state index contributed by atoms with van der Waals surface area (Å²) in [6.07, 6.45) is 2.16. The Hall–Kier alpha value is -0.800. The van der Waals surface area contributed by atoms with Crippen molar-refractivity contribution in [3.8, 4) is 0 Å². The van der Waals surface area contributed by atoms with Gasteiger partial charge in [0, 0.05) is 24.2 Å². The average molecular weight is 285 g/mol. The van der Waals surface area contributed by atoms with Crippen LogP contribution in [0.25, 0.3) is 0 Å². The molecule has 1 aliphatic heterocycles. The summed E-state index contributed by atoms with van der Waals surface area (Å²) in [7, 11) is 0. The Balaban J connectivity index is 2.13. The van der Waals surface area contributed by atoms with Crippen LogP contribution in [0.15, 0.2) is 18.2 Å². The minimum absolute atomic E-state index is 0.224. The molecule has 0 saturated carbocycles. The van der Waals surface area contributed by atoms with Crippen LogP contribution in [0.4, 0.5) is 10.1 Å².